The van der Waals surface area contributed by atoms with Crippen molar-refractivity contribution in [2.75, 3.05) is 147 Å². The maximum Gasteiger partial charge on any atom is 0.0106 e. The van der Waals surface area contributed by atoms with Crippen LogP contribution in [0.1, 0.15) is 25.7 Å². The zero-order valence-corrected chi connectivity index (χ0v) is 23.8. The SMILES string of the molecule is CN1CCCN(C)CCN(C)CCCN(C)CC1.CN1CCCNCCN(C)CCCNCC1. The van der Waals surface area contributed by atoms with Gasteiger partial charge in [-0.25, -0.2) is 0 Å². The van der Waals surface area contributed by atoms with Gasteiger partial charge in [-0.2, -0.15) is 0 Å². The molecule has 0 aliphatic carbocycles. The molecule has 0 saturated carbocycles. The van der Waals surface area contributed by atoms with Crippen molar-refractivity contribution in [3.05, 3.63) is 0 Å². The van der Waals surface area contributed by atoms with Gasteiger partial charge >= 0.3 is 0 Å². The Morgan fingerprint density at radius 2 is 0.559 bits per heavy atom. The standard InChI is InChI=1S/C14H32N4.C12H28N4/c1-15-7-5-8-17(3)13-14-18(4)10-6-9-16(2)12-11-15;1-15-9-3-5-14-8-12-16(2)10-4-6-13-7-11-15/h5-14H2,1-4H3;13-14H,3-12H2,1-2H3. The van der Waals surface area contributed by atoms with Crippen LogP contribution < -0.4 is 10.6 Å². The first kappa shape index (κ1) is 31.7. The van der Waals surface area contributed by atoms with E-state index in [0.717, 1.165) is 39.3 Å². The molecule has 0 spiro atoms. The highest BCUT2D eigenvalue weighted by Crippen LogP contribution is 1.97. The van der Waals surface area contributed by atoms with Crippen molar-refractivity contribution in [1.82, 2.24) is 40.0 Å². The predicted octanol–water partition coefficient (Wildman–Crippen LogP) is 0.330. The molecule has 0 aromatic rings. The third kappa shape index (κ3) is 18.9. The minimum Gasteiger partial charge on any atom is -0.315 e. The summed E-state index contributed by atoms with van der Waals surface area (Å²) in [6.45, 7) is 18.9. The lowest BCUT2D eigenvalue weighted by atomic mass is 10.3. The number of likely N-dealkylation sites (N-methyl/N-ethyl adjacent to an activating group) is 6. The van der Waals surface area contributed by atoms with Gasteiger partial charge in [0.05, 0.1) is 0 Å². The fraction of sp³-hybridized carbons (Fsp3) is 1.00. The molecule has 0 atom stereocenters. The van der Waals surface area contributed by atoms with Gasteiger partial charge in [0.15, 0.2) is 0 Å². The molecule has 204 valence electrons. The second kappa shape index (κ2) is 20.8. The van der Waals surface area contributed by atoms with E-state index in [1.165, 1.54) is 91.1 Å². The molecule has 2 aliphatic heterocycles. The van der Waals surface area contributed by atoms with Gasteiger partial charge in [-0.15, -0.1) is 0 Å². The summed E-state index contributed by atoms with van der Waals surface area (Å²) in [6, 6.07) is 0. The van der Waals surface area contributed by atoms with Crippen LogP contribution in [0.25, 0.3) is 0 Å². The number of hydrogen-bond acceptors (Lipinski definition) is 8. The minimum atomic E-state index is 1.12. The van der Waals surface area contributed by atoms with Gasteiger partial charge in [0.25, 0.3) is 0 Å². The van der Waals surface area contributed by atoms with Crippen molar-refractivity contribution < 1.29 is 0 Å². The van der Waals surface area contributed by atoms with E-state index < -0.39 is 0 Å². The first-order valence-corrected chi connectivity index (χ1v) is 13.9. The van der Waals surface area contributed by atoms with Crippen molar-refractivity contribution in [1.29, 1.82) is 0 Å². The van der Waals surface area contributed by atoms with E-state index in [0.29, 0.717) is 0 Å². The Balaban J connectivity index is 0.000000342. The molecule has 8 nitrogen and oxygen atoms in total. The molecule has 0 aromatic heterocycles. The van der Waals surface area contributed by atoms with Crippen LogP contribution >= 0.6 is 0 Å². The van der Waals surface area contributed by atoms with Gasteiger partial charge in [0.2, 0.25) is 0 Å². The third-order valence-electron chi connectivity index (χ3n) is 7.01. The van der Waals surface area contributed by atoms with Crippen LogP contribution in [-0.4, -0.2) is 176 Å². The van der Waals surface area contributed by atoms with Crippen molar-refractivity contribution >= 4 is 0 Å². The highest BCUT2D eigenvalue weighted by molar-refractivity contribution is 4.64. The fourth-order valence-corrected chi connectivity index (χ4v) is 4.31. The Bertz CT molecular complexity index is 377. The number of nitrogens with one attached hydrogen (secondary N) is 2. The van der Waals surface area contributed by atoms with Gasteiger partial charge in [-0.05, 0) is 120 Å². The molecule has 0 bridgehead atoms. The molecule has 2 saturated heterocycles. The zero-order chi connectivity index (χ0) is 25.0. The van der Waals surface area contributed by atoms with Crippen LogP contribution in [0.4, 0.5) is 0 Å². The Kier molecular flexibility index (Phi) is 19.4. The Morgan fingerprint density at radius 3 is 0.882 bits per heavy atom. The fourth-order valence-electron chi connectivity index (χ4n) is 4.31. The maximum absolute atomic E-state index is 3.51. The first-order chi connectivity index (χ1) is 16.4. The average molecular weight is 485 g/mol. The first-order valence-electron chi connectivity index (χ1n) is 13.9. The topological polar surface area (TPSA) is 43.5 Å². The summed E-state index contributed by atoms with van der Waals surface area (Å²) in [5, 5.41) is 7.01. The summed E-state index contributed by atoms with van der Waals surface area (Å²) in [5.41, 5.74) is 0. The lowest BCUT2D eigenvalue weighted by Gasteiger charge is -2.26. The quantitative estimate of drug-likeness (QED) is 0.510. The largest absolute Gasteiger partial charge is 0.315 e. The van der Waals surface area contributed by atoms with Gasteiger partial charge in [-0.1, -0.05) is 0 Å². The minimum absolute atomic E-state index is 1.12. The molecule has 0 amide bonds. The second-order valence-corrected chi connectivity index (χ2v) is 10.7. The predicted molar refractivity (Wildman–Crippen MR) is 149 cm³/mol. The molecule has 2 N–H and O–H groups in total. The van der Waals surface area contributed by atoms with Crippen molar-refractivity contribution in [2.45, 2.75) is 25.7 Å². The van der Waals surface area contributed by atoms with Gasteiger partial charge < -0.3 is 40.0 Å². The second-order valence-electron chi connectivity index (χ2n) is 10.7. The third-order valence-corrected chi connectivity index (χ3v) is 7.01. The number of hydrogen-bond donors (Lipinski definition) is 2. The number of nitrogens with zero attached hydrogens (tertiary/aromatic N) is 6. The molecular formula is C26H60N8. The molecule has 2 aliphatic rings. The molecule has 2 rings (SSSR count). The number of rotatable bonds is 0. The smallest absolute Gasteiger partial charge is 0.0106 e. The van der Waals surface area contributed by atoms with Crippen LogP contribution in [0.15, 0.2) is 0 Å². The van der Waals surface area contributed by atoms with Crippen LogP contribution in [0, 0.1) is 0 Å². The van der Waals surface area contributed by atoms with E-state index in [1.54, 1.807) is 0 Å². The van der Waals surface area contributed by atoms with E-state index in [9.17, 15) is 0 Å². The highest BCUT2D eigenvalue weighted by atomic mass is 15.2. The Morgan fingerprint density at radius 1 is 0.294 bits per heavy atom. The van der Waals surface area contributed by atoms with Crippen LogP contribution in [0.5, 0.6) is 0 Å². The van der Waals surface area contributed by atoms with Gasteiger partial charge in [0, 0.05) is 52.4 Å². The molecule has 2 heterocycles. The summed E-state index contributed by atoms with van der Waals surface area (Å²) < 4.78 is 0. The monoisotopic (exact) mass is 484 g/mol. The summed E-state index contributed by atoms with van der Waals surface area (Å²) >= 11 is 0. The Hall–Kier alpha value is -0.320. The molecule has 8 heteroatoms. The summed E-state index contributed by atoms with van der Waals surface area (Å²) in [4.78, 5) is 14.7. The van der Waals surface area contributed by atoms with Crippen LogP contribution in [-0.2, 0) is 0 Å². The maximum atomic E-state index is 3.51. The van der Waals surface area contributed by atoms with E-state index >= 15 is 0 Å². The molecular weight excluding hydrogens is 424 g/mol. The summed E-state index contributed by atoms with van der Waals surface area (Å²) in [6.07, 6.45) is 5.06. The van der Waals surface area contributed by atoms with Crippen molar-refractivity contribution in [3.63, 3.8) is 0 Å². The molecule has 0 aromatic carbocycles. The average Bonchev–Trinajstić information content (AvgIpc) is 2.80. The highest BCUT2D eigenvalue weighted by Gasteiger charge is 2.07. The molecule has 0 unspecified atom stereocenters. The Labute approximate surface area is 213 Å². The zero-order valence-electron chi connectivity index (χ0n) is 23.8. The van der Waals surface area contributed by atoms with E-state index in [1.807, 2.05) is 0 Å². The van der Waals surface area contributed by atoms with Crippen LogP contribution in [0.2, 0.25) is 0 Å². The van der Waals surface area contributed by atoms with E-state index in [2.05, 4.69) is 82.3 Å². The van der Waals surface area contributed by atoms with Gasteiger partial charge in [-0.3, -0.25) is 0 Å². The summed E-state index contributed by atoms with van der Waals surface area (Å²) in [5.74, 6) is 0. The molecule has 0 radical (unpaired) electrons. The van der Waals surface area contributed by atoms with Crippen LogP contribution in [0.3, 0.4) is 0 Å². The lowest BCUT2D eigenvalue weighted by molar-refractivity contribution is 0.206. The van der Waals surface area contributed by atoms with Gasteiger partial charge in [0.1, 0.15) is 0 Å². The lowest BCUT2D eigenvalue weighted by Crippen LogP contribution is -2.37. The molecule has 34 heavy (non-hydrogen) atoms. The van der Waals surface area contributed by atoms with Crippen molar-refractivity contribution in [2.24, 2.45) is 0 Å². The van der Waals surface area contributed by atoms with E-state index in [-0.39, 0.29) is 0 Å². The summed E-state index contributed by atoms with van der Waals surface area (Å²) in [7, 11) is 13.4. The normalized spacial score (nSPS) is 25.6. The van der Waals surface area contributed by atoms with E-state index in [4.69, 9.17) is 0 Å². The molecule has 2 fully saturated rings. The van der Waals surface area contributed by atoms with Crippen molar-refractivity contribution in [3.8, 4) is 0 Å².